The summed E-state index contributed by atoms with van der Waals surface area (Å²) < 4.78 is 21.9. The third kappa shape index (κ3) is 6.86. The van der Waals surface area contributed by atoms with Gasteiger partial charge in [0.15, 0.2) is 11.5 Å². The molecule has 1 aliphatic heterocycles. The Kier molecular flexibility index (Phi) is 9.00. The van der Waals surface area contributed by atoms with Crippen LogP contribution in [0.2, 0.25) is 0 Å². The van der Waals surface area contributed by atoms with E-state index in [0.29, 0.717) is 30.5 Å². The van der Waals surface area contributed by atoms with Crippen molar-refractivity contribution in [3.63, 3.8) is 0 Å². The van der Waals surface area contributed by atoms with Crippen LogP contribution in [0.1, 0.15) is 24.0 Å². The minimum absolute atomic E-state index is 0.313. The van der Waals surface area contributed by atoms with Crippen LogP contribution in [-0.4, -0.2) is 58.8 Å². The second-order valence-electron chi connectivity index (χ2n) is 8.29. The first-order valence-corrected chi connectivity index (χ1v) is 11.0. The first kappa shape index (κ1) is 23.4. The Morgan fingerprint density at radius 3 is 2.16 bits per heavy atom. The van der Waals surface area contributed by atoms with Crippen LogP contribution in [0.4, 0.5) is 0 Å². The van der Waals surface area contributed by atoms with Gasteiger partial charge in [-0.05, 0) is 48.4 Å². The first-order chi connectivity index (χ1) is 15.1. The standard InChI is InChI=1S/C25H35NO5/c1-28-23-14-21(15-24(29-2)25(23)30-3)17-31-18-22(27)16-26-11-9-20(10-12-26)13-19-7-5-4-6-8-19/h4-8,14-15,20,22,27H,9-13,16-18H2,1-3H3/p+1/t22-/m0/s1. The molecule has 2 aromatic rings. The predicted molar refractivity (Wildman–Crippen MR) is 120 cm³/mol. The number of rotatable bonds is 11. The molecule has 0 saturated carbocycles. The number of benzene rings is 2. The van der Waals surface area contributed by atoms with Gasteiger partial charge in [0.25, 0.3) is 0 Å². The zero-order valence-corrected chi connectivity index (χ0v) is 18.9. The summed E-state index contributed by atoms with van der Waals surface area (Å²) in [4.78, 5) is 1.47. The van der Waals surface area contributed by atoms with Crippen LogP contribution in [0, 0.1) is 5.92 Å². The van der Waals surface area contributed by atoms with E-state index in [-0.39, 0.29) is 0 Å². The summed E-state index contributed by atoms with van der Waals surface area (Å²) in [6.07, 6.45) is 3.11. The van der Waals surface area contributed by atoms with Crippen LogP contribution in [0.3, 0.4) is 0 Å². The number of nitrogens with one attached hydrogen (secondary N) is 1. The molecule has 2 aromatic carbocycles. The Morgan fingerprint density at radius 1 is 0.935 bits per heavy atom. The van der Waals surface area contributed by atoms with Crippen LogP contribution in [0.15, 0.2) is 42.5 Å². The molecule has 0 aliphatic carbocycles. The summed E-state index contributed by atoms with van der Waals surface area (Å²) in [5.74, 6) is 2.51. The van der Waals surface area contributed by atoms with Gasteiger partial charge in [-0.3, -0.25) is 0 Å². The summed E-state index contributed by atoms with van der Waals surface area (Å²) in [7, 11) is 4.77. The van der Waals surface area contributed by atoms with Crippen molar-refractivity contribution in [1.29, 1.82) is 0 Å². The van der Waals surface area contributed by atoms with Gasteiger partial charge < -0.3 is 29.0 Å². The Bertz CT molecular complexity index is 765. The number of quaternary nitrogens is 1. The number of likely N-dealkylation sites (tertiary alicyclic amines) is 1. The topological polar surface area (TPSA) is 61.6 Å². The molecule has 0 amide bonds. The highest BCUT2D eigenvalue weighted by Gasteiger charge is 2.24. The number of piperidine rings is 1. The fraction of sp³-hybridized carbons (Fsp3) is 0.520. The molecule has 6 heteroatoms. The molecule has 3 rings (SSSR count). The fourth-order valence-corrected chi connectivity index (χ4v) is 4.37. The van der Waals surface area contributed by atoms with Crippen molar-refractivity contribution < 1.29 is 29.0 Å². The summed E-state index contributed by atoms with van der Waals surface area (Å²) in [6.45, 7) is 3.64. The van der Waals surface area contributed by atoms with Crippen LogP contribution in [0.5, 0.6) is 17.2 Å². The Morgan fingerprint density at radius 2 is 1.58 bits per heavy atom. The molecule has 1 aliphatic rings. The molecule has 170 valence electrons. The lowest BCUT2D eigenvalue weighted by Crippen LogP contribution is -3.14. The average molecular weight is 431 g/mol. The maximum absolute atomic E-state index is 10.4. The fourth-order valence-electron chi connectivity index (χ4n) is 4.37. The van der Waals surface area contributed by atoms with Gasteiger partial charge in [-0.2, -0.15) is 0 Å². The van der Waals surface area contributed by atoms with E-state index in [9.17, 15) is 5.11 Å². The normalized spacial score (nSPS) is 19.6. The van der Waals surface area contributed by atoms with Gasteiger partial charge in [0.1, 0.15) is 12.6 Å². The number of hydrogen-bond acceptors (Lipinski definition) is 5. The average Bonchev–Trinajstić information content (AvgIpc) is 2.80. The van der Waals surface area contributed by atoms with E-state index >= 15 is 0 Å². The molecule has 6 nitrogen and oxygen atoms in total. The minimum atomic E-state index is -0.470. The van der Waals surface area contributed by atoms with E-state index < -0.39 is 6.10 Å². The smallest absolute Gasteiger partial charge is 0.203 e. The van der Waals surface area contributed by atoms with Gasteiger partial charge in [0, 0.05) is 0 Å². The minimum Gasteiger partial charge on any atom is -0.493 e. The van der Waals surface area contributed by atoms with E-state index in [4.69, 9.17) is 18.9 Å². The second kappa shape index (κ2) is 11.9. The van der Waals surface area contributed by atoms with Crippen LogP contribution in [0.25, 0.3) is 0 Å². The molecule has 1 saturated heterocycles. The molecule has 0 unspecified atom stereocenters. The maximum Gasteiger partial charge on any atom is 0.203 e. The Balaban J connectivity index is 1.39. The molecular formula is C25H36NO5+. The summed E-state index contributed by atoms with van der Waals surface area (Å²) in [6, 6.07) is 14.5. The molecule has 2 N–H and O–H groups in total. The highest BCUT2D eigenvalue weighted by molar-refractivity contribution is 5.53. The quantitative estimate of drug-likeness (QED) is 0.572. The lowest BCUT2D eigenvalue weighted by atomic mass is 9.90. The highest BCUT2D eigenvalue weighted by Crippen LogP contribution is 2.38. The van der Waals surface area contributed by atoms with Crippen molar-refractivity contribution in [2.24, 2.45) is 5.92 Å². The summed E-state index contributed by atoms with van der Waals surface area (Å²) in [5.41, 5.74) is 2.34. The van der Waals surface area contributed by atoms with Crippen LogP contribution in [-0.2, 0) is 17.8 Å². The monoisotopic (exact) mass is 430 g/mol. The van der Waals surface area contributed by atoms with Crippen molar-refractivity contribution in [2.75, 3.05) is 47.6 Å². The van der Waals surface area contributed by atoms with E-state index in [1.807, 2.05) is 12.1 Å². The largest absolute Gasteiger partial charge is 0.493 e. The molecule has 0 bridgehead atoms. The number of aliphatic hydroxyl groups excluding tert-OH is 1. The molecule has 0 radical (unpaired) electrons. The number of hydrogen-bond donors (Lipinski definition) is 2. The van der Waals surface area contributed by atoms with Gasteiger partial charge in [-0.25, -0.2) is 0 Å². The SMILES string of the molecule is COc1cc(COC[C@@H](O)C[NH+]2CCC(Cc3ccccc3)CC2)cc(OC)c1OC. The highest BCUT2D eigenvalue weighted by atomic mass is 16.5. The van der Waals surface area contributed by atoms with E-state index in [2.05, 4.69) is 30.3 Å². The van der Waals surface area contributed by atoms with Crippen molar-refractivity contribution in [3.8, 4) is 17.2 Å². The Labute approximate surface area is 185 Å². The molecular weight excluding hydrogens is 394 g/mol. The predicted octanol–water partition coefficient (Wildman–Crippen LogP) is 2.13. The maximum atomic E-state index is 10.4. The third-order valence-electron chi connectivity index (χ3n) is 6.01. The van der Waals surface area contributed by atoms with Gasteiger partial charge >= 0.3 is 0 Å². The van der Waals surface area contributed by atoms with E-state index in [1.54, 1.807) is 21.3 Å². The van der Waals surface area contributed by atoms with Crippen molar-refractivity contribution >= 4 is 0 Å². The Hall–Kier alpha value is -2.28. The van der Waals surface area contributed by atoms with Crippen molar-refractivity contribution in [3.05, 3.63) is 53.6 Å². The molecule has 1 atom stereocenters. The number of ether oxygens (including phenoxy) is 4. The van der Waals surface area contributed by atoms with Gasteiger partial charge in [-0.1, -0.05) is 30.3 Å². The zero-order chi connectivity index (χ0) is 22.1. The van der Waals surface area contributed by atoms with E-state index in [0.717, 1.165) is 37.5 Å². The summed E-state index contributed by atoms with van der Waals surface area (Å²) >= 11 is 0. The molecule has 31 heavy (non-hydrogen) atoms. The molecule has 0 spiro atoms. The van der Waals surface area contributed by atoms with E-state index in [1.165, 1.54) is 23.3 Å². The van der Waals surface area contributed by atoms with Crippen LogP contribution < -0.4 is 19.1 Å². The van der Waals surface area contributed by atoms with Gasteiger partial charge in [0.05, 0.1) is 47.6 Å². The van der Waals surface area contributed by atoms with Gasteiger partial charge in [0.2, 0.25) is 5.75 Å². The number of methoxy groups -OCH3 is 3. The van der Waals surface area contributed by atoms with Crippen molar-refractivity contribution in [2.45, 2.75) is 32.0 Å². The van der Waals surface area contributed by atoms with Crippen molar-refractivity contribution in [1.82, 2.24) is 0 Å². The van der Waals surface area contributed by atoms with Gasteiger partial charge in [-0.15, -0.1) is 0 Å². The van der Waals surface area contributed by atoms with Crippen LogP contribution >= 0.6 is 0 Å². The molecule has 1 heterocycles. The lowest BCUT2D eigenvalue weighted by Gasteiger charge is -2.30. The molecule has 0 aromatic heterocycles. The lowest BCUT2D eigenvalue weighted by molar-refractivity contribution is -0.909. The number of aliphatic hydroxyl groups is 1. The third-order valence-corrected chi connectivity index (χ3v) is 6.01. The zero-order valence-electron chi connectivity index (χ0n) is 18.9. The first-order valence-electron chi connectivity index (χ1n) is 11.0. The second-order valence-corrected chi connectivity index (χ2v) is 8.29. The molecule has 1 fully saturated rings. The summed E-state index contributed by atoms with van der Waals surface area (Å²) in [5, 5.41) is 10.4.